The smallest absolute Gasteiger partial charge is 0.229 e. The standard InChI is InChI=1S/C29H41N3O2/c1-5-23-7-6-8-28(18-23)34-27-13-10-24(11-14-27)29(33)31(4)26-12-9-25(21(2)17-26)20-32-16-15-30-22(3)19-32/h6-9,12,17-18,22,24,27,30H,5,10-11,13-16,19-20H2,1-4H3/t22-,24?,27?/m0/s1. The Morgan fingerprint density at radius 3 is 2.65 bits per heavy atom. The van der Waals surface area contributed by atoms with E-state index in [9.17, 15) is 4.79 Å². The van der Waals surface area contributed by atoms with Crippen molar-refractivity contribution in [3.63, 3.8) is 0 Å². The van der Waals surface area contributed by atoms with E-state index in [1.807, 2.05) is 18.0 Å². The second-order valence-corrected chi connectivity index (χ2v) is 10.2. The molecule has 2 aromatic rings. The molecule has 4 rings (SSSR count). The molecule has 2 fully saturated rings. The van der Waals surface area contributed by atoms with Crippen molar-refractivity contribution in [2.75, 3.05) is 31.6 Å². The van der Waals surface area contributed by atoms with E-state index >= 15 is 0 Å². The normalized spacial score (nSPS) is 23.5. The van der Waals surface area contributed by atoms with Crippen molar-refractivity contribution < 1.29 is 9.53 Å². The van der Waals surface area contributed by atoms with E-state index in [0.29, 0.717) is 6.04 Å². The van der Waals surface area contributed by atoms with Crippen LogP contribution in [0, 0.1) is 12.8 Å². The predicted octanol–water partition coefficient (Wildman–Crippen LogP) is 4.95. The van der Waals surface area contributed by atoms with Crippen molar-refractivity contribution in [2.45, 2.75) is 71.6 Å². The molecule has 1 saturated carbocycles. The fourth-order valence-corrected chi connectivity index (χ4v) is 5.32. The summed E-state index contributed by atoms with van der Waals surface area (Å²) >= 11 is 0. The second kappa shape index (κ2) is 11.4. The quantitative estimate of drug-likeness (QED) is 0.631. The van der Waals surface area contributed by atoms with Gasteiger partial charge in [0, 0.05) is 50.9 Å². The van der Waals surface area contributed by atoms with Crippen LogP contribution < -0.4 is 15.0 Å². The number of carbonyl (C=O) groups excluding carboxylic acids is 1. The average Bonchev–Trinajstić information content (AvgIpc) is 2.85. The van der Waals surface area contributed by atoms with Gasteiger partial charge in [0.05, 0.1) is 6.10 Å². The molecule has 2 aromatic carbocycles. The summed E-state index contributed by atoms with van der Waals surface area (Å²) in [5, 5.41) is 3.51. The van der Waals surface area contributed by atoms with Gasteiger partial charge in [-0.05, 0) is 86.9 Å². The minimum atomic E-state index is 0.0779. The Morgan fingerprint density at radius 2 is 1.94 bits per heavy atom. The summed E-state index contributed by atoms with van der Waals surface area (Å²) < 4.78 is 6.24. The third-order valence-corrected chi connectivity index (χ3v) is 7.52. The van der Waals surface area contributed by atoms with E-state index in [4.69, 9.17) is 4.74 Å². The van der Waals surface area contributed by atoms with Gasteiger partial charge in [0.1, 0.15) is 5.75 Å². The Labute approximate surface area is 205 Å². The number of hydrogen-bond donors (Lipinski definition) is 1. The summed E-state index contributed by atoms with van der Waals surface area (Å²) in [4.78, 5) is 17.6. The number of carbonyl (C=O) groups is 1. The van der Waals surface area contributed by atoms with Gasteiger partial charge in [-0.3, -0.25) is 9.69 Å². The van der Waals surface area contributed by atoms with E-state index in [0.717, 1.165) is 69.7 Å². The zero-order valence-corrected chi connectivity index (χ0v) is 21.3. The molecule has 5 heteroatoms. The number of benzene rings is 2. The lowest BCUT2D eigenvalue weighted by Gasteiger charge is -2.32. The molecule has 2 aliphatic rings. The van der Waals surface area contributed by atoms with Crippen molar-refractivity contribution >= 4 is 11.6 Å². The highest BCUT2D eigenvalue weighted by Crippen LogP contribution is 2.31. The monoisotopic (exact) mass is 463 g/mol. The van der Waals surface area contributed by atoms with Crippen molar-refractivity contribution in [1.29, 1.82) is 0 Å². The first-order valence-electron chi connectivity index (χ1n) is 13.0. The first kappa shape index (κ1) is 24.7. The van der Waals surface area contributed by atoms with Crippen LogP contribution >= 0.6 is 0 Å². The van der Waals surface area contributed by atoms with Crippen LogP contribution in [-0.2, 0) is 17.8 Å². The van der Waals surface area contributed by atoms with Gasteiger partial charge in [-0.25, -0.2) is 0 Å². The Balaban J connectivity index is 1.30. The molecule has 1 saturated heterocycles. The van der Waals surface area contributed by atoms with Gasteiger partial charge in [-0.2, -0.15) is 0 Å². The van der Waals surface area contributed by atoms with Crippen molar-refractivity contribution in [3.05, 3.63) is 59.2 Å². The Morgan fingerprint density at radius 1 is 1.15 bits per heavy atom. The highest BCUT2D eigenvalue weighted by atomic mass is 16.5. The maximum absolute atomic E-state index is 13.3. The molecule has 0 radical (unpaired) electrons. The molecule has 0 unspecified atom stereocenters. The number of anilines is 1. The van der Waals surface area contributed by atoms with Gasteiger partial charge < -0.3 is 15.0 Å². The Kier molecular flexibility index (Phi) is 8.28. The molecular formula is C29H41N3O2. The lowest BCUT2D eigenvalue weighted by Crippen LogP contribution is -2.48. The fraction of sp³-hybridized carbons (Fsp3) is 0.552. The summed E-state index contributed by atoms with van der Waals surface area (Å²) in [7, 11) is 1.92. The minimum Gasteiger partial charge on any atom is -0.490 e. The van der Waals surface area contributed by atoms with Gasteiger partial charge in [0.15, 0.2) is 0 Å². The largest absolute Gasteiger partial charge is 0.490 e. The molecule has 1 atom stereocenters. The van der Waals surface area contributed by atoms with Crippen molar-refractivity contribution in [3.8, 4) is 5.75 Å². The van der Waals surface area contributed by atoms with Crippen LogP contribution in [0.2, 0.25) is 0 Å². The summed E-state index contributed by atoms with van der Waals surface area (Å²) in [6, 6.07) is 15.4. The van der Waals surface area contributed by atoms with Gasteiger partial charge in [-0.15, -0.1) is 0 Å². The first-order valence-corrected chi connectivity index (χ1v) is 13.0. The second-order valence-electron chi connectivity index (χ2n) is 10.2. The Bertz CT molecular complexity index is 968. The van der Waals surface area contributed by atoms with E-state index in [2.05, 4.69) is 67.4 Å². The summed E-state index contributed by atoms with van der Waals surface area (Å²) in [5.41, 5.74) is 4.90. The molecule has 1 aliphatic heterocycles. The maximum Gasteiger partial charge on any atom is 0.229 e. The van der Waals surface area contributed by atoms with Crippen molar-refractivity contribution in [2.24, 2.45) is 5.92 Å². The van der Waals surface area contributed by atoms with Crippen LogP contribution in [0.1, 0.15) is 56.2 Å². The van der Waals surface area contributed by atoms with Crippen LogP contribution in [-0.4, -0.2) is 49.6 Å². The number of amides is 1. The molecule has 0 aromatic heterocycles. The maximum atomic E-state index is 13.3. The third-order valence-electron chi connectivity index (χ3n) is 7.52. The van der Waals surface area contributed by atoms with Crippen LogP contribution in [0.25, 0.3) is 0 Å². The summed E-state index contributed by atoms with van der Waals surface area (Å²) in [5.74, 6) is 1.26. The van der Waals surface area contributed by atoms with E-state index in [1.54, 1.807) is 0 Å². The number of nitrogens with one attached hydrogen (secondary N) is 1. The van der Waals surface area contributed by atoms with Crippen molar-refractivity contribution in [1.82, 2.24) is 10.2 Å². The third kappa shape index (κ3) is 6.19. The van der Waals surface area contributed by atoms with E-state index in [1.165, 1.54) is 16.7 Å². The average molecular weight is 464 g/mol. The van der Waals surface area contributed by atoms with Gasteiger partial charge in [-0.1, -0.05) is 25.1 Å². The molecule has 1 heterocycles. The Hall–Kier alpha value is -2.37. The van der Waals surface area contributed by atoms with E-state index < -0.39 is 0 Å². The number of hydrogen-bond acceptors (Lipinski definition) is 4. The molecule has 1 N–H and O–H groups in total. The topological polar surface area (TPSA) is 44.8 Å². The van der Waals surface area contributed by atoms with Crippen LogP contribution in [0.4, 0.5) is 5.69 Å². The van der Waals surface area contributed by atoms with Gasteiger partial charge in [0.2, 0.25) is 5.91 Å². The summed E-state index contributed by atoms with van der Waals surface area (Å²) in [6.45, 7) is 10.8. The highest BCUT2D eigenvalue weighted by molar-refractivity contribution is 5.94. The summed E-state index contributed by atoms with van der Waals surface area (Å²) in [6.07, 6.45) is 4.86. The van der Waals surface area contributed by atoms with Gasteiger partial charge >= 0.3 is 0 Å². The van der Waals surface area contributed by atoms with Crippen LogP contribution in [0.5, 0.6) is 5.75 Å². The molecule has 34 heavy (non-hydrogen) atoms. The molecule has 1 amide bonds. The number of piperazine rings is 1. The molecule has 1 aliphatic carbocycles. The predicted molar refractivity (Wildman–Crippen MR) is 140 cm³/mol. The molecule has 184 valence electrons. The molecule has 5 nitrogen and oxygen atoms in total. The van der Waals surface area contributed by atoms with E-state index in [-0.39, 0.29) is 17.9 Å². The zero-order chi connectivity index (χ0) is 24.1. The van der Waals surface area contributed by atoms with Crippen LogP contribution in [0.15, 0.2) is 42.5 Å². The lowest BCUT2D eigenvalue weighted by molar-refractivity contribution is -0.123. The highest BCUT2D eigenvalue weighted by Gasteiger charge is 2.30. The zero-order valence-electron chi connectivity index (χ0n) is 21.3. The fourth-order valence-electron chi connectivity index (χ4n) is 5.32. The number of ether oxygens (including phenoxy) is 1. The molecule has 0 bridgehead atoms. The minimum absolute atomic E-state index is 0.0779. The van der Waals surface area contributed by atoms with Gasteiger partial charge in [0.25, 0.3) is 0 Å². The lowest BCUT2D eigenvalue weighted by atomic mass is 9.86. The number of rotatable bonds is 7. The number of nitrogens with zero attached hydrogens (tertiary/aromatic N) is 2. The van der Waals surface area contributed by atoms with Crippen LogP contribution in [0.3, 0.4) is 0 Å². The molecular weight excluding hydrogens is 422 g/mol. The molecule has 0 spiro atoms. The SMILES string of the molecule is CCc1cccc(OC2CCC(C(=O)N(C)c3ccc(CN4CCN[C@@H](C)C4)c(C)c3)CC2)c1. The first-order chi connectivity index (χ1) is 16.4. The number of aryl methyl sites for hydroxylation is 2.